The Kier molecular flexibility index (Phi) is 2.47. The summed E-state index contributed by atoms with van der Waals surface area (Å²) in [4.78, 5) is 10.5. The van der Waals surface area contributed by atoms with Gasteiger partial charge in [-0.1, -0.05) is 24.3 Å². The SMILES string of the molecule is CC(=O)O[C@@H](C)C1C=CC=C1. The van der Waals surface area contributed by atoms with Crippen LogP contribution in [0.5, 0.6) is 0 Å². The first-order valence-corrected chi connectivity index (χ1v) is 3.72. The van der Waals surface area contributed by atoms with Gasteiger partial charge in [0, 0.05) is 12.8 Å². The average molecular weight is 152 g/mol. The molecule has 0 aromatic rings. The van der Waals surface area contributed by atoms with Crippen LogP contribution in [-0.4, -0.2) is 12.1 Å². The minimum Gasteiger partial charge on any atom is -0.462 e. The lowest BCUT2D eigenvalue weighted by Gasteiger charge is -2.15. The molecule has 0 aromatic heterocycles. The van der Waals surface area contributed by atoms with Crippen LogP contribution in [0.3, 0.4) is 0 Å². The van der Waals surface area contributed by atoms with Gasteiger partial charge in [0.1, 0.15) is 6.10 Å². The third-order valence-electron chi connectivity index (χ3n) is 1.67. The molecule has 1 rings (SSSR count). The van der Waals surface area contributed by atoms with Gasteiger partial charge in [0.25, 0.3) is 0 Å². The van der Waals surface area contributed by atoms with E-state index >= 15 is 0 Å². The Labute approximate surface area is 66.5 Å². The second-order valence-corrected chi connectivity index (χ2v) is 2.66. The smallest absolute Gasteiger partial charge is 0.302 e. The van der Waals surface area contributed by atoms with Crippen molar-refractivity contribution in [2.24, 2.45) is 5.92 Å². The maximum Gasteiger partial charge on any atom is 0.302 e. The zero-order chi connectivity index (χ0) is 8.27. The summed E-state index contributed by atoms with van der Waals surface area (Å²) in [5.74, 6) is 0.0464. The highest BCUT2D eigenvalue weighted by Gasteiger charge is 2.15. The predicted octanol–water partition coefficient (Wildman–Crippen LogP) is 1.68. The predicted molar refractivity (Wildman–Crippen MR) is 43.0 cm³/mol. The highest BCUT2D eigenvalue weighted by Crippen LogP contribution is 2.15. The fourth-order valence-corrected chi connectivity index (χ4v) is 1.10. The highest BCUT2D eigenvalue weighted by atomic mass is 16.5. The van der Waals surface area contributed by atoms with Gasteiger partial charge in [0.05, 0.1) is 0 Å². The van der Waals surface area contributed by atoms with E-state index in [4.69, 9.17) is 4.74 Å². The van der Waals surface area contributed by atoms with E-state index in [-0.39, 0.29) is 18.0 Å². The van der Waals surface area contributed by atoms with E-state index in [0.29, 0.717) is 0 Å². The molecule has 0 unspecified atom stereocenters. The summed E-state index contributed by atoms with van der Waals surface area (Å²) < 4.78 is 4.99. The Morgan fingerprint density at radius 1 is 1.45 bits per heavy atom. The summed E-state index contributed by atoms with van der Waals surface area (Å²) >= 11 is 0. The zero-order valence-corrected chi connectivity index (χ0v) is 6.78. The molecule has 0 amide bonds. The van der Waals surface area contributed by atoms with Crippen LogP contribution < -0.4 is 0 Å². The van der Waals surface area contributed by atoms with E-state index in [9.17, 15) is 4.79 Å². The lowest BCUT2D eigenvalue weighted by molar-refractivity contribution is -0.146. The minimum atomic E-state index is -0.216. The molecule has 11 heavy (non-hydrogen) atoms. The van der Waals surface area contributed by atoms with Crippen molar-refractivity contribution in [2.75, 3.05) is 0 Å². The van der Waals surface area contributed by atoms with Gasteiger partial charge >= 0.3 is 5.97 Å². The monoisotopic (exact) mass is 152 g/mol. The Bertz CT molecular complexity index is 192. The van der Waals surface area contributed by atoms with Crippen molar-refractivity contribution in [3.8, 4) is 0 Å². The van der Waals surface area contributed by atoms with Crippen molar-refractivity contribution in [3.63, 3.8) is 0 Å². The van der Waals surface area contributed by atoms with Gasteiger partial charge in [-0.15, -0.1) is 0 Å². The van der Waals surface area contributed by atoms with Crippen molar-refractivity contribution < 1.29 is 9.53 Å². The van der Waals surface area contributed by atoms with Gasteiger partial charge in [-0.3, -0.25) is 4.79 Å². The molecule has 1 aliphatic rings. The lowest BCUT2D eigenvalue weighted by Crippen LogP contribution is -2.18. The molecule has 0 saturated carbocycles. The summed E-state index contributed by atoms with van der Waals surface area (Å²) in [6.07, 6.45) is 7.93. The maximum atomic E-state index is 10.5. The number of carbonyl (C=O) groups excluding carboxylic acids is 1. The summed E-state index contributed by atoms with van der Waals surface area (Å²) in [6, 6.07) is 0. The molecule has 0 saturated heterocycles. The molecule has 0 aromatic carbocycles. The van der Waals surface area contributed by atoms with Gasteiger partial charge < -0.3 is 4.74 Å². The van der Waals surface area contributed by atoms with E-state index in [2.05, 4.69) is 0 Å². The molecule has 60 valence electrons. The molecule has 0 bridgehead atoms. The number of allylic oxidation sites excluding steroid dienone is 2. The molecule has 0 radical (unpaired) electrons. The Morgan fingerprint density at radius 3 is 2.45 bits per heavy atom. The molecule has 2 heteroatoms. The molecule has 0 spiro atoms. The van der Waals surface area contributed by atoms with Crippen LogP contribution >= 0.6 is 0 Å². The fourth-order valence-electron chi connectivity index (χ4n) is 1.10. The normalized spacial score (nSPS) is 18.7. The van der Waals surface area contributed by atoms with Crippen molar-refractivity contribution >= 4 is 5.97 Å². The van der Waals surface area contributed by atoms with Crippen LogP contribution in [0.1, 0.15) is 13.8 Å². The molecule has 0 heterocycles. The van der Waals surface area contributed by atoms with E-state index in [1.807, 2.05) is 31.2 Å². The first-order valence-electron chi connectivity index (χ1n) is 3.72. The molecule has 0 fully saturated rings. The van der Waals surface area contributed by atoms with Gasteiger partial charge in [-0.05, 0) is 6.92 Å². The van der Waals surface area contributed by atoms with E-state index < -0.39 is 0 Å². The first-order chi connectivity index (χ1) is 5.20. The average Bonchev–Trinajstić information content (AvgIpc) is 2.35. The van der Waals surface area contributed by atoms with E-state index in [1.165, 1.54) is 6.92 Å². The zero-order valence-electron chi connectivity index (χ0n) is 6.78. The largest absolute Gasteiger partial charge is 0.462 e. The topological polar surface area (TPSA) is 26.3 Å². The van der Waals surface area contributed by atoms with Crippen molar-refractivity contribution in [2.45, 2.75) is 20.0 Å². The van der Waals surface area contributed by atoms with Gasteiger partial charge in [-0.25, -0.2) is 0 Å². The molecule has 2 nitrogen and oxygen atoms in total. The molecule has 1 aliphatic carbocycles. The quantitative estimate of drug-likeness (QED) is 0.563. The lowest BCUT2D eigenvalue weighted by atomic mass is 10.1. The number of hydrogen-bond donors (Lipinski definition) is 0. The van der Waals surface area contributed by atoms with Crippen LogP contribution in [0.2, 0.25) is 0 Å². The van der Waals surface area contributed by atoms with Crippen LogP contribution in [0.15, 0.2) is 24.3 Å². The van der Waals surface area contributed by atoms with Gasteiger partial charge in [-0.2, -0.15) is 0 Å². The van der Waals surface area contributed by atoms with Crippen LogP contribution in [-0.2, 0) is 9.53 Å². The highest BCUT2D eigenvalue weighted by molar-refractivity contribution is 5.66. The first kappa shape index (κ1) is 8.05. The minimum absolute atomic E-state index is 0.0394. The number of carbonyl (C=O) groups is 1. The Balaban J connectivity index is 2.41. The second kappa shape index (κ2) is 3.37. The summed E-state index contributed by atoms with van der Waals surface area (Å²) in [7, 11) is 0. The third kappa shape index (κ3) is 2.22. The number of esters is 1. The fraction of sp³-hybridized carbons (Fsp3) is 0.444. The standard InChI is InChI=1S/C9H12O2/c1-7(11-8(2)10)9-5-3-4-6-9/h3-7,9H,1-2H3/t7-/m0/s1. The van der Waals surface area contributed by atoms with Crippen molar-refractivity contribution in [3.05, 3.63) is 24.3 Å². The summed E-state index contributed by atoms with van der Waals surface area (Å²) in [5, 5.41) is 0. The van der Waals surface area contributed by atoms with E-state index in [1.54, 1.807) is 0 Å². The Hall–Kier alpha value is -1.05. The van der Waals surface area contributed by atoms with Gasteiger partial charge in [0.15, 0.2) is 0 Å². The summed E-state index contributed by atoms with van der Waals surface area (Å²) in [6.45, 7) is 3.32. The Morgan fingerprint density at radius 2 is 2.00 bits per heavy atom. The van der Waals surface area contributed by atoms with Crippen LogP contribution in [0.4, 0.5) is 0 Å². The number of hydrogen-bond acceptors (Lipinski definition) is 2. The van der Waals surface area contributed by atoms with Crippen LogP contribution in [0, 0.1) is 5.92 Å². The summed E-state index contributed by atoms with van der Waals surface area (Å²) in [5.41, 5.74) is 0. The van der Waals surface area contributed by atoms with Crippen LogP contribution in [0.25, 0.3) is 0 Å². The second-order valence-electron chi connectivity index (χ2n) is 2.66. The van der Waals surface area contributed by atoms with Gasteiger partial charge in [0.2, 0.25) is 0 Å². The molecule has 1 atom stereocenters. The van der Waals surface area contributed by atoms with Crippen molar-refractivity contribution in [1.29, 1.82) is 0 Å². The maximum absolute atomic E-state index is 10.5. The van der Waals surface area contributed by atoms with E-state index in [0.717, 1.165) is 0 Å². The number of rotatable bonds is 2. The van der Waals surface area contributed by atoms with Crippen molar-refractivity contribution in [1.82, 2.24) is 0 Å². The molecule has 0 aliphatic heterocycles. The molecular formula is C9H12O2. The third-order valence-corrected chi connectivity index (χ3v) is 1.67. The molecular weight excluding hydrogens is 140 g/mol. The molecule has 0 N–H and O–H groups in total. The number of ether oxygens (including phenoxy) is 1.